The monoisotopic (exact) mass is 380 g/mol. The molecule has 3 rings (SSSR count). The first-order valence-electron chi connectivity index (χ1n) is 8.59. The van der Waals surface area contributed by atoms with E-state index in [9.17, 15) is 8.78 Å². The molecular formula is C18H23BF2N2O2S. The number of alkyl halides is 1. The minimum atomic E-state index is -1.01. The third-order valence-electron chi connectivity index (χ3n) is 4.94. The zero-order valence-corrected chi connectivity index (χ0v) is 16.3. The van der Waals surface area contributed by atoms with Gasteiger partial charge in [-0.2, -0.15) is 16.4 Å². The maximum atomic E-state index is 14.6. The van der Waals surface area contributed by atoms with Crippen LogP contribution in [-0.2, 0) is 22.3 Å². The van der Waals surface area contributed by atoms with E-state index in [4.69, 9.17) is 9.31 Å². The Morgan fingerprint density at radius 3 is 2.58 bits per heavy atom. The van der Waals surface area contributed by atoms with Crippen LogP contribution in [0.15, 0.2) is 34.8 Å². The van der Waals surface area contributed by atoms with Gasteiger partial charge in [0.1, 0.15) is 12.4 Å². The van der Waals surface area contributed by atoms with Gasteiger partial charge in [-0.1, -0.05) is 6.08 Å². The minimum absolute atomic E-state index is 0.181. The van der Waals surface area contributed by atoms with E-state index in [1.165, 1.54) is 6.08 Å². The lowest BCUT2D eigenvalue weighted by Gasteiger charge is -2.32. The van der Waals surface area contributed by atoms with Gasteiger partial charge in [0.25, 0.3) is 0 Å². The molecule has 0 spiro atoms. The van der Waals surface area contributed by atoms with Crippen molar-refractivity contribution in [2.75, 3.05) is 6.67 Å². The zero-order valence-electron chi connectivity index (χ0n) is 15.5. The molecule has 0 N–H and O–H groups in total. The number of thiophene rings is 1. The molecule has 4 nitrogen and oxygen atoms in total. The third-order valence-corrected chi connectivity index (χ3v) is 5.62. The maximum absolute atomic E-state index is 14.6. The summed E-state index contributed by atoms with van der Waals surface area (Å²) in [7, 11) is -1.01. The smallest absolute Gasteiger partial charge is 0.398 e. The number of hydrogen-bond donors (Lipinski definition) is 0. The molecule has 1 aliphatic rings. The Kier molecular flexibility index (Phi) is 5.37. The van der Waals surface area contributed by atoms with E-state index in [-0.39, 0.29) is 6.54 Å². The summed E-state index contributed by atoms with van der Waals surface area (Å²) in [5.74, 6) is 0. The largest absolute Gasteiger partial charge is 0.524 e. The fourth-order valence-corrected chi connectivity index (χ4v) is 3.36. The maximum Gasteiger partial charge on any atom is 0.524 e. The van der Waals surface area contributed by atoms with E-state index in [0.717, 1.165) is 16.8 Å². The lowest BCUT2D eigenvalue weighted by molar-refractivity contribution is 0.00578. The van der Waals surface area contributed by atoms with Gasteiger partial charge < -0.3 is 9.31 Å². The topological polar surface area (TPSA) is 36.3 Å². The molecule has 2 aromatic rings. The van der Waals surface area contributed by atoms with Crippen LogP contribution in [0.2, 0.25) is 0 Å². The first-order chi connectivity index (χ1) is 12.2. The van der Waals surface area contributed by atoms with Crippen LogP contribution in [0.4, 0.5) is 8.78 Å². The Balaban J connectivity index is 1.80. The molecule has 1 fully saturated rings. The van der Waals surface area contributed by atoms with Gasteiger partial charge in [-0.15, -0.1) is 0 Å². The van der Waals surface area contributed by atoms with Crippen LogP contribution in [-0.4, -0.2) is 34.8 Å². The molecule has 0 aliphatic carbocycles. The van der Waals surface area contributed by atoms with Crippen molar-refractivity contribution in [1.82, 2.24) is 9.78 Å². The Bertz CT molecular complexity index is 771. The van der Waals surface area contributed by atoms with Crippen LogP contribution in [0.1, 0.15) is 33.3 Å². The molecule has 0 saturated carbocycles. The highest BCUT2D eigenvalue weighted by Crippen LogP contribution is 2.38. The normalized spacial score (nSPS) is 19.3. The Labute approximate surface area is 157 Å². The van der Waals surface area contributed by atoms with Gasteiger partial charge in [-0.05, 0) is 45.6 Å². The summed E-state index contributed by atoms with van der Waals surface area (Å²) < 4.78 is 40.3. The van der Waals surface area contributed by atoms with Crippen LogP contribution in [0.25, 0.3) is 11.3 Å². The van der Waals surface area contributed by atoms with Gasteiger partial charge in [0.15, 0.2) is 0 Å². The predicted molar refractivity (Wildman–Crippen MR) is 100 cm³/mol. The van der Waals surface area contributed by atoms with Crippen molar-refractivity contribution in [2.24, 2.45) is 0 Å². The molecule has 3 heterocycles. The number of allylic oxidation sites excluding steroid dienone is 1. The van der Waals surface area contributed by atoms with Crippen LogP contribution in [0, 0.1) is 0 Å². The summed E-state index contributed by atoms with van der Waals surface area (Å²) in [6.07, 6.45) is 3.54. The molecule has 0 bridgehead atoms. The van der Waals surface area contributed by atoms with E-state index in [1.807, 2.05) is 44.5 Å². The first-order valence-corrected chi connectivity index (χ1v) is 9.54. The number of hydrogen-bond acceptors (Lipinski definition) is 4. The molecule has 0 aromatic carbocycles. The van der Waals surface area contributed by atoms with Crippen LogP contribution >= 0.6 is 11.3 Å². The fourth-order valence-electron chi connectivity index (χ4n) is 2.71. The van der Waals surface area contributed by atoms with Crippen molar-refractivity contribution in [3.8, 4) is 11.3 Å². The molecule has 0 radical (unpaired) electrons. The second kappa shape index (κ2) is 7.25. The molecule has 0 atom stereocenters. The van der Waals surface area contributed by atoms with Gasteiger partial charge >= 0.3 is 7.12 Å². The SMILES string of the molecule is CC1(C)OB(C(F)=CCc2cn(CCF)nc2-c2ccsc2)OC1(C)C. The summed E-state index contributed by atoms with van der Waals surface area (Å²) in [6, 6.07) is 1.95. The van der Waals surface area contributed by atoms with E-state index in [0.29, 0.717) is 6.42 Å². The minimum Gasteiger partial charge on any atom is -0.398 e. The molecule has 1 aliphatic heterocycles. The van der Waals surface area contributed by atoms with Gasteiger partial charge in [0, 0.05) is 22.7 Å². The Morgan fingerprint density at radius 1 is 1.31 bits per heavy atom. The molecule has 1 saturated heterocycles. The summed E-state index contributed by atoms with van der Waals surface area (Å²) in [5, 5.41) is 8.36. The summed E-state index contributed by atoms with van der Waals surface area (Å²) in [4.78, 5) is 0. The van der Waals surface area contributed by atoms with Crippen molar-refractivity contribution >= 4 is 18.5 Å². The van der Waals surface area contributed by atoms with Crippen molar-refractivity contribution in [2.45, 2.75) is 51.9 Å². The third kappa shape index (κ3) is 3.77. The number of aryl methyl sites for hydroxylation is 1. The standard InChI is InChI=1S/C18H23BF2N2O2S/c1-17(2)18(3,4)25-19(24-17)15(21)6-5-13-11-23(9-8-20)22-16(13)14-7-10-26-12-14/h6-7,10-12H,5,8-9H2,1-4H3. The van der Waals surface area contributed by atoms with E-state index in [2.05, 4.69) is 5.10 Å². The zero-order chi connectivity index (χ0) is 18.9. The average molecular weight is 380 g/mol. The molecule has 8 heteroatoms. The Hall–Kier alpha value is -1.51. The molecule has 0 unspecified atom stereocenters. The summed E-state index contributed by atoms with van der Waals surface area (Å²) >= 11 is 1.56. The molecule has 0 amide bonds. The number of rotatable bonds is 6. The van der Waals surface area contributed by atoms with Crippen molar-refractivity contribution in [1.29, 1.82) is 0 Å². The quantitative estimate of drug-likeness (QED) is 0.687. The van der Waals surface area contributed by atoms with Crippen LogP contribution in [0.5, 0.6) is 0 Å². The van der Waals surface area contributed by atoms with E-state index >= 15 is 0 Å². The average Bonchev–Trinajstić information content (AvgIpc) is 3.24. The molecule has 140 valence electrons. The second-order valence-corrected chi connectivity index (χ2v) is 8.13. The van der Waals surface area contributed by atoms with Gasteiger partial charge in [0.05, 0.1) is 23.4 Å². The summed E-state index contributed by atoms with van der Waals surface area (Å²) in [6.45, 7) is 7.22. The van der Waals surface area contributed by atoms with Crippen LogP contribution < -0.4 is 0 Å². The molecule has 26 heavy (non-hydrogen) atoms. The Morgan fingerprint density at radius 2 is 2.00 bits per heavy atom. The highest BCUT2D eigenvalue weighted by Gasteiger charge is 2.52. The predicted octanol–water partition coefficient (Wildman–Crippen LogP) is 4.61. The van der Waals surface area contributed by atoms with Gasteiger partial charge in [-0.25, -0.2) is 8.78 Å². The highest BCUT2D eigenvalue weighted by atomic mass is 32.1. The lowest BCUT2D eigenvalue weighted by atomic mass is 9.87. The first kappa shape index (κ1) is 19.3. The molecule has 2 aromatic heterocycles. The van der Waals surface area contributed by atoms with Crippen molar-refractivity contribution < 1.29 is 18.1 Å². The summed E-state index contributed by atoms with van der Waals surface area (Å²) in [5.41, 5.74) is 0.902. The molecular weight excluding hydrogens is 357 g/mol. The van der Waals surface area contributed by atoms with E-state index in [1.54, 1.807) is 22.2 Å². The lowest BCUT2D eigenvalue weighted by Crippen LogP contribution is -2.41. The van der Waals surface area contributed by atoms with Crippen LogP contribution in [0.3, 0.4) is 0 Å². The fraction of sp³-hybridized carbons (Fsp3) is 0.500. The van der Waals surface area contributed by atoms with Gasteiger partial charge in [0.2, 0.25) is 0 Å². The number of halogens is 2. The van der Waals surface area contributed by atoms with E-state index < -0.39 is 30.7 Å². The number of aromatic nitrogens is 2. The van der Waals surface area contributed by atoms with Crippen molar-refractivity contribution in [3.63, 3.8) is 0 Å². The van der Waals surface area contributed by atoms with Gasteiger partial charge in [-0.3, -0.25) is 4.68 Å². The highest BCUT2D eigenvalue weighted by molar-refractivity contribution is 7.08. The second-order valence-electron chi connectivity index (χ2n) is 7.35. The van der Waals surface area contributed by atoms with Crippen molar-refractivity contribution in [3.05, 3.63) is 40.4 Å². The number of nitrogens with zero attached hydrogens (tertiary/aromatic N) is 2.